The SMILES string of the molecule is N=C(N)NCCC[C@H](NC(=O)[C@H](CO)NC(=O)[C@H](CO)NC(=O)[C@H](CO)NC(=O)[C@H](CO)NC(=O)[C@H](CO)NC(=O)[C@H](CO)NC(=O)[C@H](CO)NC(=O)[C@@H](N)CO)C(=O)O. The molecular formula is C30H54N12O18. The van der Waals surface area contributed by atoms with Crippen LogP contribution in [0.1, 0.15) is 12.8 Å². The van der Waals surface area contributed by atoms with Crippen LogP contribution in [0.15, 0.2) is 0 Å². The molecule has 0 aliphatic heterocycles. The van der Waals surface area contributed by atoms with Crippen molar-refractivity contribution >= 4 is 59.2 Å². The molecule has 0 heterocycles. The molecule has 9 atom stereocenters. The fourth-order valence-corrected chi connectivity index (χ4v) is 4.41. The number of aliphatic carboxylic acids is 1. The topological polar surface area (TPSA) is 520 Å². The van der Waals surface area contributed by atoms with Gasteiger partial charge in [0.1, 0.15) is 54.4 Å². The Kier molecular flexibility index (Phi) is 25.8. The number of hydrogen-bond donors (Lipinski definition) is 21. The second-order valence-electron chi connectivity index (χ2n) is 12.4. The Morgan fingerprint density at radius 3 is 0.850 bits per heavy atom. The largest absolute Gasteiger partial charge is 0.480 e. The predicted octanol–water partition coefficient (Wildman–Crippen LogP) is -13.5. The lowest BCUT2D eigenvalue weighted by Crippen LogP contribution is -2.62. The van der Waals surface area contributed by atoms with Gasteiger partial charge in [-0.15, -0.1) is 0 Å². The highest BCUT2D eigenvalue weighted by molar-refractivity contribution is 5.98. The van der Waals surface area contributed by atoms with Crippen LogP contribution in [0.4, 0.5) is 0 Å². The summed E-state index contributed by atoms with van der Waals surface area (Å²) in [5.41, 5.74) is 10.5. The smallest absolute Gasteiger partial charge is 0.326 e. The molecule has 0 aromatic heterocycles. The van der Waals surface area contributed by atoms with Crippen molar-refractivity contribution in [2.24, 2.45) is 11.5 Å². The van der Waals surface area contributed by atoms with E-state index in [-0.39, 0.29) is 25.3 Å². The lowest BCUT2D eigenvalue weighted by Gasteiger charge is -2.26. The Morgan fingerprint density at radius 2 is 0.650 bits per heavy atom. The molecule has 30 heteroatoms. The van der Waals surface area contributed by atoms with Crippen LogP contribution in [0.25, 0.3) is 0 Å². The van der Waals surface area contributed by atoms with Crippen molar-refractivity contribution in [3.63, 3.8) is 0 Å². The molecule has 0 aliphatic carbocycles. The number of carboxylic acids is 1. The number of aliphatic hydroxyl groups is 8. The Bertz CT molecular complexity index is 1490. The molecule has 0 fully saturated rings. The highest BCUT2D eigenvalue weighted by Crippen LogP contribution is 2.00. The van der Waals surface area contributed by atoms with Crippen molar-refractivity contribution in [2.45, 2.75) is 67.2 Å². The molecule has 60 heavy (non-hydrogen) atoms. The molecule has 30 nitrogen and oxygen atoms in total. The van der Waals surface area contributed by atoms with Crippen LogP contribution in [-0.2, 0) is 43.2 Å². The number of hydrogen-bond acceptors (Lipinski definition) is 19. The summed E-state index contributed by atoms with van der Waals surface area (Å²) in [6.07, 6.45) is -0.0390. The molecule has 342 valence electrons. The Labute approximate surface area is 339 Å². The highest BCUT2D eigenvalue weighted by Gasteiger charge is 2.34. The summed E-state index contributed by atoms with van der Waals surface area (Å²) in [7, 11) is 0. The maximum atomic E-state index is 12.9. The summed E-state index contributed by atoms with van der Waals surface area (Å²) in [6.45, 7) is -8.69. The first kappa shape index (κ1) is 54.1. The van der Waals surface area contributed by atoms with E-state index in [1.807, 2.05) is 37.2 Å². The van der Waals surface area contributed by atoms with Crippen LogP contribution in [0.2, 0.25) is 0 Å². The van der Waals surface area contributed by atoms with Crippen molar-refractivity contribution in [3.05, 3.63) is 0 Å². The van der Waals surface area contributed by atoms with Crippen molar-refractivity contribution in [1.29, 1.82) is 5.41 Å². The van der Waals surface area contributed by atoms with Gasteiger partial charge in [-0.1, -0.05) is 0 Å². The van der Waals surface area contributed by atoms with Gasteiger partial charge in [-0.3, -0.25) is 43.8 Å². The number of nitrogens with one attached hydrogen (secondary N) is 10. The monoisotopic (exact) mass is 870 g/mol. The quantitative estimate of drug-likeness (QED) is 0.0188. The molecule has 0 aliphatic rings. The third kappa shape index (κ3) is 18.8. The second kappa shape index (κ2) is 28.5. The number of carbonyl (C=O) groups is 9. The van der Waals surface area contributed by atoms with Gasteiger partial charge in [0.05, 0.1) is 52.9 Å². The molecule has 0 saturated heterocycles. The van der Waals surface area contributed by atoms with E-state index in [2.05, 4.69) is 10.6 Å². The van der Waals surface area contributed by atoms with Crippen molar-refractivity contribution in [3.8, 4) is 0 Å². The number of rotatable bonds is 29. The molecule has 0 unspecified atom stereocenters. The van der Waals surface area contributed by atoms with E-state index in [0.29, 0.717) is 0 Å². The van der Waals surface area contributed by atoms with Crippen molar-refractivity contribution in [2.75, 3.05) is 59.4 Å². The van der Waals surface area contributed by atoms with E-state index < -0.39 is 160 Å². The van der Waals surface area contributed by atoms with Crippen LogP contribution in [0.5, 0.6) is 0 Å². The average Bonchev–Trinajstić information content (AvgIpc) is 3.22. The first-order chi connectivity index (χ1) is 28.3. The Hall–Kier alpha value is -5.86. The van der Waals surface area contributed by atoms with Crippen LogP contribution >= 0.6 is 0 Å². The molecule has 0 aromatic carbocycles. The molecule has 0 rings (SSSR count). The summed E-state index contributed by atoms with van der Waals surface area (Å²) in [5, 5.41) is 111. The summed E-state index contributed by atoms with van der Waals surface area (Å²) in [4.78, 5) is 113. The highest BCUT2D eigenvalue weighted by atomic mass is 16.4. The number of carbonyl (C=O) groups excluding carboxylic acids is 8. The van der Waals surface area contributed by atoms with Gasteiger partial charge in [-0.25, -0.2) is 4.79 Å². The van der Waals surface area contributed by atoms with E-state index in [1.54, 1.807) is 0 Å². The zero-order chi connectivity index (χ0) is 46.1. The number of aliphatic hydroxyl groups excluding tert-OH is 8. The maximum absolute atomic E-state index is 12.9. The normalized spacial score (nSPS) is 15.3. The lowest BCUT2D eigenvalue weighted by molar-refractivity contribution is -0.143. The Balaban J connectivity index is 5.53. The number of amides is 8. The summed E-state index contributed by atoms with van der Waals surface area (Å²) in [6, 6.07) is -16.1. The molecule has 0 saturated carbocycles. The van der Waals surface area contributed by atoms with Gasteiger partial charge in [0.2, 0.25) is 47.3 Å². The number of carboxylic acid groups (broad SMARTS) is 1. The van der Waals surface area contributed by atoms with Crippen molar-refractivity contribution < 1.29 is 89.1 Å². The van der Waals surface area contributed by atoms with E-state index in [1.165, 1.54) is 0 Å². The van der Waals surface area contributed by atoms with Gasteiger partial charge in [0, 0.05) is 6.54 Å². The van der Waals surface area contributed by atoms with E-state index in [4.69, 9.17) is 22.0 Å². The number of nitrogens with two attached hydrogens (primary N) is 2. The Morgan fingerprint density at radius 1 is 0.417 bits per heavy atom. The van der Waals surface area contributed by atoms with Crippen LogP contribution < -0.4 is 59.3 Å². The fraction of sp³-hybridized carbons (Fsp3) is 0.667. The molecule has 8 amide bonds. The van der Waals surface area contributed by atoms with Gasteiger partial charge < -0.3 is 105 Å². The van der Waals surface area contributed by atoms with Gasteiger partial charge in [-0.05, 0) is 12.8 Å². The molecule has 0 bridgehead atoms. The molecule has 23 N–H and O–H groups in total. The van der Waals surface area contributed by atoms with E-state index >= 15 is 0 Å². The van der Waals surface area contributed by atoms with E-state index in [9.17, 15) is 84.0 Å². The number of guanidine groups is 1. The zero-order valence-corrected chi connectivity index (χ0v) is 31.8. The third-order valence-electron chi connectivity index (χ3n) is 7.84. The minimum Gasteiger partial charge on any atom is -0.480 e. The van der Waals surface area contributed by atoms with Crippen LogP contribution in [-0.4, -0.2) is 219 Å². The molecule has 0 radical (unpaired) electrons. The second-order valence-corrected chi connectivity index (χ2v) is 12.4. The van der Waals surface area contributed by atoms with Gasteiger partial charge in [0.15, 0.2) is 5.96 Å². The van der Waals surface area contributed by atoms with Gasteiger partial charge in [-0.2, -0.15) is 0 Å². The molecular weight excluding hydrogens is 816 g/mol. The van der Waals surface area contributed by atoms with Crippen LogP contribution in [0, 0.1) is 5.41 Å². The van der Waals surface area contributed by atoms with Gasteiger partial charge >= 0.3 is 5.97 Å². The first-order valence-corrected chi connectivity index (χ1v) is 17.6. The molecule has 0 aromatic rings. The summed E-state index contributed by atoms with van der Waals surface area (Å²) >= 11 is 0. The summed E-state index contributed by atoms with van der Waals surface area (Å²) in [5.74, 6) is -12.0. The van der Waals surface area contributed by atoms with Crippen LogP contribution in [0.3, 0.4) is 0 Å². The molecule has 0 spiro atoms. The van der Waals surface area contributed by atoms with Gasteiger partial charge in [0.25, 0.3) is 0 Å². The lowest BCUT2D eigenvalue weighted by atomic mass is 10.1. The minimum absolute atomic E-state index is 0.0856. The first-order valence-electron chi connectivity index (χ1n) is 17.6. The minimum atomic E-state index is -1.96. The van der Waals surface area contributed by atoms with E-state index in [0.717, 1.165) is 0 Å². The third-order valence-corrected chi connectivity index (χ3v) is 7.84. The summed E-state index contributed by atoms with van der Waals surface area (Å²) < 4.78 is 0. The maximum Gasteiger partial charge on any atom is 0.326 e. The average molecular weight is 871 g/mol. The fourth-order valence-electron chi connectivity index (χ4n) is 4.41. The predicted molar refractivity (Wildman–Crippen MR) is 197 cm³/mol. The van der Waals surface area contributed by atoms with Crippen molar-refractivity contribution in [1.82, 2.24) is 47.9 Å². The zero-order valence-electron chi connectivity index (χ0n) is 31.8. The standard InChI is InChI=1S/C30H54N12O18/c31-12(4-43)21(51)36-14(5-44)23(53)38-16(7-46)25(55)40-18(9-48)27(57)42-20(11-50)28(58)41-19(10-49)26(56)39-17(8-47)24(54)37-15(6-45)22(52)35-13(29(59)60)2-1-3-34-30(32)33/h12-20,43-50H,1-11,31H2,(H,35,52)(H,36,51)(H,37,54)(H,38,53)(H,39,56)(H,40,55)(H,41,58)(H,42,57)(H,59,60)(H4,32,33,34)/t12-,13-,14-,15-,16-,17-,18-,19-,20-/m0/s1.